The zero-order valence-electron chi connectivity index (χ0n) is 12.6. The van der Waals surface area contributed by atoms with Crippen LogP contribution in [0.1, 0.15) is 15.9 Å². The number of nitrogens with one attached hydrogen (secondary N) is 1. The molecule has 0 saturated heterocycles. The van der Waals surface area contributed by atoms with Crippen LogP contribution in [-0.4, -0.2) is 45.9 Å². The predicted molar refractivity (Wildman–Crippen MR) is 85.6 cm³/mol. The Morgan fingerprint density at radius 2 is 2.00 bits per heavy atom. The highest BCUT2D eigenvalue weighted by atomic mass is 16.2. The van der Waals surface area contributed by atoms with Crippen LogP contribution in [0.5, 0.6) is 0 Å². The molecule has 0 saturated carbocycles. The average molecular weight is 297 g/mol. The fourth-order valence-electron chi connectivity index (χ4n) is 1.86. The maximum Gasteiger partial charge on any atom is 0.256 e. The summed E-state index contributed by atoms with van der Waals surface area (Å²) in [5.41, 5.74) is 1.62. The molecule has 2 rings (SSSR count). The van der Waals surface area contributed by atoms with Crippen LogP contribution in [0.15, 0.2) is 49.6 Å². The molecule has 22 heavy (non-hydrogen) atoms. The zero-order valence-corrected chi connectivity index (χ0v) is 12.6. The molecule has 0 fully saturated rings. The summed E-state index contributed by atoms with van der Waals surface area (Å²) in [5, 5.41) is 2.97. The first-order valence-electron chi connectivity index (χ1n) is 7.02. The normalized spacial score (nSPS) is 10.0. The molecule has 0 unspecified atom stereocenters. The van der Waals surface area contributed by atoms with Gasteiger partial charge in [0, 0.05) is 44.9 Å². The SMILES string of the molecule is C=CCNc1ncc(C(=O)N(C)CCc2ccncc2)cn1. The molecule has 114 valence electrons. The van der Waals surface area contributed by atoms with E-state index in [-0.39, 0.29) is 5.91 Å². The second-order valence-corrected chi connectivity index (χ2v) is 4.80. The third-order valence-corrected chi connectivity index (χ3v) is 3.14. The number of hydrogen-bond donors (Lipinski definition) is 1. The quantitative estimate of drug-likeness (QED) is 0.789. The highest BCUT2D eigenvalue weighted by Gasteiger charge is 2.12. The first kappa shape index (κ1) is 15.6. The molecule has 0 atom stereocenters. The van der Waals surface area contributed by atoms with E-state index in [0.717, 1.165) is 12.0 Å². The van der Waals surface area contributed by atoms with Gasteiger partial charge in [-0.2, -0.15) is 0 Å². The Bertz CT molecular complexity index is 612. The predicted octanol–water partition coefficient (Wildman–Crippen LogP) is 1.78. The van der Waals surface area contributed by atoms with Crippen LogP contribution in [0.25, 0.3) is 0 Å². The summed E-state index contributed by atoms with van der Waals surface area (Å²) in [4.78, 5) is 26.2. The highest BCUT2D eigenvalue weighted by molar-refractivity contribution is 5.93. The molecule has 0 aliphatic rings. The number of aromatic nitrogens is 3. The van der Waals surface area contributed by atoms with E-state index in [0.29, 0.717) is 24.6 Å². The summed E-state index contributed by atoms with van der Waals surface area (Å²) in [7, 11) is 1.77. The zero-order chi connectivity index (χ0) is 15.8. The number of anilines is 1. The first-order valence-corrected chi connectivity index (χ1v) is 7.02. The third kappa shape index (κ3) is 4.37. The molecule has 1 amide bonds. The smallest absolute Gasteiger partial charge is 0.256 e. The van der Waals surface area contributed by atoms with Gasteiger partial charge in [0.1, 0.15) is 0 Å². The molecule has 0 aliphatic carbocycles. The Hall–Kier alpha value is -2.76. The Morgan fingerprint density at radius 1 is 1.32 bits per heavy atom. The van der Waals surface area contributed by atoms with Crippen LogP contribution >= 0.6 is 0 Å². The standard InChI is InChI=1S/C16H19N5O/c1-3-7-18-16-19-11-14(12-20-16)15(22)21(2)10-6-13-4-8-17-9-5-13/h3-5,8-9,11-12H,1,6-7,10H2,2H3,(H,18,19,20). The highest BCUT2D eigenvalue weighted by Crippen LogP contribution is 2.05. The first-order chi connectivity index (χ1) is 10.7. The van der Waals surface area contributed by atoms with Crippen LogP contribution < -0.4 is 5.32 Å². The Kier molecular flexibility index (Phi) is 5.59. The second-order valence-electron chi connectivity index (χ2n) is 4.80. The molecule has 6 nitrogen and oxygen atoms in total. The molecule has 0 bridgehead atoms. The van der Waals surface area contributed by atoms with E-state index in [1.54, 1.807) is 30.4 Å². The van der Waals surface area contributed by atoms with E-state index in [2.05, 4.69) is 26.8 Å². The largest absolute Gasteiger partial charge is 0.351 e. The van der Waals surface area contributed by atoms with Crippen molar-refractivity contribution in [3.8, 4) is 0 Å². The maximum atomic E-state index is 12.3. The lowest BCUT2D eigenvalue weighted by atomic mass is 10.2. The van der Waals surface area contributed by atoms with Crippen LogP contribution in [0.4, 0.5) is 5.95 Å². The minimum Gasteiger partial charge on any atom is -0.351 e. The van der Waals surface area contributed by atoms with Crippen molar-refractivity contribution in [1.29, 1.82) is 0 Å². The summed E-state index contributed by atoms with van der Waals surface area (Å²) in [6.45, 7) is 4.81. The van der Waals surface area contributed by atoms with Gasteiger partial charge in [0.05, 0.1) is 5.56 Å². The number of nitrogens with zero attached hydrogens (tertiary/aromatic N) is 4. The van der Waals surface area contributed by atoms with Crippen molar-refractivity contribution < 1.29 is 4.79 Å². The Labute approximate surface area is 129 Å². The van der Waals surface area contributed by atoms with Gasteiger partial charge in [-0.1, -0.05) is 6.08 Å². The van der Waals surface area contributed by atoms with Gasteiger partial charge < -0.3 is 10.2 Å². The van der Waals surface area contributed by atoms with Crippen LogP contribution in [0.2, 0.25) is 0 Å². The minimum absolute atomic E-state index is 0.0932. The number of amides is 1. The number of pyridine rings is 1. The van der Waals surface area contributed by atoms with Crippen molar-refractivity contribution in [3.05, 3.63) is 60.7 Å². The van der Waals surface area contributed by atoms with Crippen molar-refractivity contribution >= 4 is 11.9 Å². The number of carbonyl (C=O) groups is 1. The number of likely N-dealkylation sites (N-methyl/N-ethyl adjacent to an activating group) is 1. The molecule has 0 radical (unpaired) electrons. The van der Waals surface area contributed by atoms with Crippen molar-refractivity contribution in [2.75, 3.05) is 25.5 Å². The fourth-order valence-corrected chi connectivity index (χ4v) is 1.86. The van der Waals surface area contributed by atoms with E-state index < -0.39 is 0 Å². The third-order valence-electron chi connectivity index (χ3n) is 3.14. The van der Waals surface area contributed by atoms with E-state index in [4.69, 9.17) is 0 Å². The van der Waals surface area contributed by atoms with Gasteiger partial charge in [-0.3, -0.25) is 9.78 Å². The number of carbonyl (C=O) groups excluding carboxylic acids is 1. The lowest BCUT2D eigenvalue weighted by Crippen LogP contribution is -2.29. The van der Waals surface area contributed by atoms with E-state index >= 15 is 0 Å². The van der Waals surface area contributed by atoms with E-state index in [1.165, 1.54) is 12.4 Å². The summed E-state index contributed by atoms with van der Waals surface area (Å²) in [6.07, 6.45) is 9.06. The Morgan fingerprint density at radius 3 is 2.64 bits per heavy atom. The topological polar surface area (TPSA) is 71.0 Å². The summed E-state index contributed by atoms with van der Waals surface area (Å²) in [6, 6.07) is 3.89. The summed E-state index contributed by atoms with van der Waals surface area (Å²) < 4.78 is 0. The number of hydrogen-bond acceptors (Lipinski definition) is 5. The summed E-state index contributed by atoms with van der Waals surface area (Å²) >= 11 is 0. The van der Waals surface area contributed by atoms with Gasteiger partial charge in [0.25, 0.3) is 5.91 Å². The van der Waals surface area contributed by atoms with Crippen LogP contribution in [0, 0.1) is 0 Å². The molecular formula is C16H19N5O. The van der Waals surface area contributed by atoms with Gasteiger partial charge in [-0.25, -0.2) is 9.97 Å². The molecule has 0 aromatic carbocycles. The lowest BCUT2D eigenvalue weighted by Gasteiger charge is -2.17. The van der Waals surface area contributed by atoms with Gasteiger partial charge in [0.2, 0.25) is 5.95 Å². The minimum atomic E-state index is -0.0932. The fraction of sp³-hybridized carbons (Fsp3) is 0.250. The Balaban J connectivity index is 1.91. The molecule has 0 aliphatic heterocycles. The number of rotatable bonds is 7. The van der Waals surface area contributed by atoms with Crippen molar-refractivity contribution in [2.45, 2.75) is 6.42 Å². The van der Waals surface area contributed by atoms with Gasteiger partial charge in [-0.05, 0) is 24.1 Å². The molecule has 2 aromatic heterocycles. The monoisotopic (exact) mass is 297 g/mol. The molecular weight excluding hydrogens is 278 g/mol. The van der Waals surface area contributed by atoms with Crippen molar-refractivity contribution in [3.63, 3.8) is 0 Å². The second kappa shape index (κ2) is 7.87. The molecule has 0 spiro atoms. The van der Waals surface area contributed by atoms with E-state index in [9.17, 15) is 4.79 Å². The maximum absolute atomic E-state index is 12.3. The summed E-state index contributed by atoms with van der Waals surface area (Å²) in [5.74, 6) is 0.389. The van der Waals surface area contributed by atoms with Crippen LogP contribution in [0.3, 0.4) is 0 Å². The average Bonchev–Trinajstić information content (AvgIpc) is 2.58. The lowest BCUT2D eigenvalue weighted by molar-refractivity contribution is 0.0796. The van der Waals surface area contributed by atoms with Gasteiger partial charge in [0.15, 0.2) is 0 Å². The van der Waals surface area contributed by atoms with Gasteiger partial charge in [-0.15, -0.1) is 6.58 Å². The van der Waals surface area contributed by atoms with Crippen LogP contribution in [-0.2, 0) is 6.42 Å². The molecule has 1 N–H and O–H groups in total. The molecule has 2 heterocycles. The van der Waals surface area contributed by atoms with Crippen molar-refractivity contribution in [1.82, 2.24) is 19.9 Å². The van der Waals surface area contributed by atoms with Crippen molar-refractivity contribution in [2.24, 2.45) is 0 Å². The van der Waals surface area contributed by atoms with Gasteiger partial charge >= 0.3 is 0 Å². The molecule has 6 heteroatoms. The van der Waals surface area contributed by atoms with E-state index in [1.807, 2.05) is 12.1 Å². The molecule has 2 aromatic rings.